The monoisotopic (exact) mass is 208 g/mol. The lowest BCUT2D eigenvalue weighted by Gasteiger charge is -2.25. The second kappa shape index (κ2) is 7.96. The van der Waals surface area contributed by atoms with Gasteiger partial charge >= 0.3 is 0 Å². The Balaban J connectivity index is 2.40. The molecule has 0 saturated heterocycles. The van der Waals surface area contributed by atoms with Crippen molar-refractivity contribution in [3.05, 3.63) is 12.7 Å². The zero-order valence-corrected chi connectivity index (χ0v) is 10.5. The molecular formula is C15H28. The molecule has 15 heavy (non-hydrogen) atoms. The molecule has 1 aliphatic rings. The van der Waals surface area contributed by atoms with Crippen LogP contribution >= 0.6 is 0 Å². The number of unbranched alkanes of at least 4 members (excludes halogenated alkanes) is 1. The van der Waals surface area contributed by atoms with E-state index in [1.54, 1.807) is 0 Å². The predicted molar refractivity (Wildman–Crippen MR) is 69.0 cm³/mol. The molecule has 0 bridgehead atoms. The quantitative estimate of drug-likeness (QED) is 0.408. The first-order valence-corrected chi connectivity index (χ1v) is 6.99. The molecule has 1 unspecified atom stereocenters. The van der Waals surface area contributed by atoms with Crippen LogP contribution in [0.25, 0.3) is 0 Å². The van der Waals surface area contributed by atoms with Crippen LogP contribution in [0.4, 0.5) is 0 Å². The van der Waals surface area contributed by atoms with E-state index in [1.165, 1.54) is 64.2 Å². The number of rotatable bonds is 6. The van der Waals surface area contributed by atoms with E-state index in [9.17, 15) is 0 Å². The highest BCUT2D eigenvalue weighted by Gasteiger charge is 2.20. The summed E-state index contributed by atoms with van der Waals surface area (Å²) in [5.41, 5.74) is 0. The van der Waals surface area contributed by atoms with Crippen LogP contribution in [-0.4, -0.2) is 0 Å². The third kappa shape index (κ3) is 4.86. The van der Waals surface area contributed by atoms with Gasteiger partial charge in [-0.15, -0.1) is 6.58 Å². The highest BCUT2D eigenvalue weighted by atomic mass is 14.3. The summed E-state index contributed by atoms with van der Waals surface area (Å²) in [6, 6.07) is 0. The average Bonchev–Trinajstić information content (AvgIpc) is 2.52. The molecule has 1 rings (SSSR count). The minimum Gasteiger partial charge on any atom is -0.103 e. The zero-order valence-electron chi connectivity index (χ0n) is 10.5. The summed E-state index contributed by atoms with van der Waals surface area (Å²) in [7, 11) is 0. The largest absolute Gasteiger partial charge is 0.103 e. The van der Waals surface area contributed by atoms with Gasteiger partial charge in [0.25, 0.3) is 0 Å². The van der Waals surface area contributed by atoms with Gasteiger partial charge in [0.15, 0.2) is 0 Å². The van der Waals surface area contributed by atoms with Crippen LogP contribution in [0.5, 0.6) is 0 Å². The molecule has 1 atom stereocenters. The Morgan fingerprint density at radius 3 is 2.40 bits per heavy atom. The molecule has 0 heteroatoms. The van der Waals surface area contributed by atoms with Crippen molar-refractivity contribution in [1.82, 2.24) is 0 Å². The minimum atomic E-state index is 0.945. The first-order chi connectivity index (χ1) is 7.38. The van der Waals surface area contributed by atoms with Crippen LogP contribution in [-0.2, 0) is 0 Å². The topological polar surface area (TPSA) is 0 Å². The van der Waals surface area contributed by atoms with Crippen molar-refractivity contribution in [2.45, 2.75) is 71.1 Å². The van der Waals surface area contributed by atoms with E-state index < -0.39 is 0 Å². The van der Waals surface area contributed by atoms with E-state index in [2.05, 4.69) is 19.6 Å². The number of allylic oxidation sites excluding steroid dienone is 1. The van der Waals surface area contributed by atoms with Gasteiger partial charge in [-0.2, -0.15) is 0 Å². The lowest BCUT2D eigenvalue weighted by Crippen LogP contribution is -2.13. The van der Waals surface area contributed by atoms with E-state index in [0.717, 1.165) is 11.8 Å². The van der Waals surface area contributed by atoms with E-state index in [0.29, 0.717) is 0 Å². The number of hydrogen-bond donors (Lipinski definition) is 0. The summed E-state index contributed by atoms with van der Waals surface area (Å²) < 4.78 is 0. The van der Waals surface area contributed by atoms with Crippen LogP contribution in [0.15, 0.2) is 12.7 Å². The van der Waals surface area contributed by atoms with Crippen molar-refractivity contribution in [3.63, 3.8) is 0 Å². The van der Waals surface area contributed by atoms with Crippen molar-refractivity contribution in [2.75, 3.05) is 0 Å². The van der Waals surface area contributed by atoms with Crippen LogP contribution in [0.1, 0.15) is 71.1 Å². The summed E-state index contributed by atoms with van der Waals surface area (Å²) in [5, 5.41) is 0. The van der Waals surface area contributed by atoms with Gasteiger partial charge in [0.1, 0.15) is 0 Å². The summed E-state index contributed by atoms with van der Waals surface area (Å²) in [5.74, 6) is 1.96. The maximum absolute atomic E-state index is 3.93. The maximum atomic E-state index is 3.93. The van der Waals surface area contributed by atoms with Crippen molar-refractivity contribution in [2.24, 2.45) is 11.8 Å². The van der Waals surface area contributed by atoms with Crippen molar-refractivity contribution in [1.29, 1.82) is 0 Å². The van der Waals surface area contributed by atoms with Crippen molar-refractivity contribution in [3.8, 4) is 0 Å². The van der Waals surface area contributed by atoms with Gasteiger partial charge in [-0.3, -0.25) is 0 Å². The smallest absolute Gasteiger partial charge is 0.0322 e. The lowest BCUT2D eigenvalue weighted by molar-refractivity contribution is 0.277. The molecule has 0 nitrogen and oxygen atoms in total. The van der Waals surface area contributed by atoms with E-state index >= 15 is 0 Å². The first kappa shape index (κ1) is 12.8. The van der Waals surface area contributed by atoms with Gasteiger partial charge in [0.05, 0.1) is 0 Å². The average molecular weight is 208 g/mol. The zero-order chi connectivity index (χ0) is 10.9. The molecule has 0 aromatic heterocycles. The third-order valence-electron chi connectivity index (χ3n) is 3.96. The summed E-state index contributed by atoms with van der Waals surface area (Å²) >= 11 is 0. The second-order valence-electron chi connectivity index (χ2n) is 5.18. The van der Waals surface area contributed by atoms with Crippen LogP contribution in [0.3, 0.4) is 0 Å². The standard InChI is InChI=1S/C15H28/c1-3-5-11-14(10-4-2)15-12-8-6-7-9-13-15/h4,14-15H,2-3,5-13H2,1H3. The molecule has 0 N–H and O–H groups in total. The Morgan fingerprint density at radius 1 is 1.20 bits per heavy atom. The Bertz CT molecular complexity index is 151. The maximum Gasteiger partial charge on any atom is -0.0322 e. The van der Waals surface area contributed by atoms with Crippen molar-refractivity contribution < 1.29 is 0 Å². The molecule has 0 spiro atoms. The molecular weight excluding hydrogens is 180 g/mol. The van der Waals surface area contributed by atoms with Gasteiger partial charge in [-0.05, 0) is 24.7 Å². The Morgan fingerprint density at radius 2 is 1.87 bits per heavy atom. The molecule has 0 radical (unpaired) electrons. The predicted octanol–water partition coefficient (Wildman–Crippen LogP) is 5.34. The first-order valence-electron chi connectivity index (χ1n) is 6.99. The van der Waals surface area contributed by atoms with E-state index in [1.807, 2.05) is 0 Å². The molecule has 0 aromatic rings. The van der Waals surface area contributed by atoms with Crippen LogP contribution in [0, 0.1) is 11.8 Å². The fourth-order valence-corrected chi connectivity index (χ4v) is 3.01. The van der Waals surface area contributed by atoms with Gasteiger partial charge in [0.2, 0.25) is 0 Å². The fraction of sp³-hybridized carbons (Fsp3) is 0.867. The number of hydrogen-bond acceptors (Lipinski definition) is 0. The Hall–Kier alpha value is -0.260. The van der Waals surface area contributed by atoms with Crippen LogP contribution < -0.4 is 0 Å². The van der Waals surface area contributed by atoms with Gasteiger partial charge in [-0.1, -0.05) is 64.4 Å². The lowest BCUT2D eigenvalue weighted by atomic mass is 9.81. The van der Waals surface area contributed by atoms with Gasteiger partial charge < -0.3 is 0 Å². The minimum absolute atomic E-state index is 0.945. The van der Waals surface area contributed by atoms with Crippen LogP contribution in [0.2, 0.25) is 0 Å². The Labute approximate surface area is 96.2 Å². The fourth-order valence-electron chi connectivity index (χ4n) is 3.01. The summed E-state index contributed by atoms with van der Waals surface area (Å²) in [6.45, 7) is 6.23. The summed E-state index contributed by atoms with van der Waals surface area (Å²) in [4.78, 5) is 0. The molecule has 1 fully saturated rings. The third-order valence-corrected chi connectivity index (χ3v) is 3.96. The molecule has 88 valence electrons. The molecule has 1 saturated carbocycles. The Kier molecular flexibility index (Phi) is 6.80. The van der Waals surface area contributed by atoms with Gasteiger partial charge in [-0.25, -0.2) is 0 Å². The molecule has 0 amide bonds. The highest BCUT2D eigenvalue weighted by Crippen LogP contribution is 2.33. The highest BCUT2D eigenvalue weighted by molar-refractivity contribution is 4.79. The van der Waals surface area contributed by atoms with E-state index in [-0.39, 0.29) is 0 Å². The molecule has 1 aliphatic carbocycles. The second-order valence-corrected chi connectivity index (χ2v) is 5.18. The SMILES string of the molecule is C=CCC(CCCC)C1CCCCCC1. The van der Waals surface area contributed by atoms with Gasteiger partial charge in [0, 0.05) is 0 Å². The van der Waals surface area contributed by atoms with Crippen molar-refractivity contribution >= 4 is 0 Å². The van der Waals surface area contributed by atoms with E-state index in [4.69, 9.17) is 0 Å². The molecule has 0 aromatic carbocycles. The molecule has 0 heterocycles. The summed E-state index contributed by atoms with van der Waals surface area (Å²) in [6.07, 6.45) is 16.5. The normalized spacial score (nSPS) is 20.9. The molecule has 0 aliphatic heterocycles.